The minimum absolute atomic E-state index is 0.247. The molecule has 1 aliphatic rings. The van der Waals surface area contributed by atoms with E-state index in [1.54, 1.807) is 23.7 Å². The van der Waals surface area contributed by atoms with Gasteiger partial charge in [0.05, 0.1) is 27.2 Å². The number of nitrogens with two attached hydrogens (primary N) is 2. The first-order chi connectivity index (χ1) is 14.9. The van der Waals surface area contributed by atoms with Crippen LogP contribution in [0.2, 0.25) is 0 Å². The van der Waals surface area contributed by atoms with E-state index >= 15 is 0 Å². The second-order valence-electron chi connectivity index (χ2n) is 8.02. The average Bonchev–Trinajstić information content (AvgIpc) is 3.25. The highest BCUT2D eigenvalue weighted by molar-refractivity contribution is 8.02. The van der Waals surface area contributed by atoms with E-state index in [1.807, 2.05) is 42.5 Å². The number of aromatic amines is 1. The van der Waals surface area contributed by atoms with E-state index in [2.05, 4.69) is 27.2 Å². The Balaban J connectivity index is 1.72. The molecule has 10 heteroatoms. The van der Waals surface area contributed by atoms with E-state index in [0.717, 1.165) is 48.4 Å². The van der Waals surface area contributed by atoms with Crippen LogP contribution < -0.4 is 21.0 Å². The third-order valence-electron chi connectivity index (χ3n) is 5.63. The van der Waals surface area contributed by atoms with Crippen molar-refractivity contribution < 1.29 is 4.68 Å². The number of pyridine rings is 1. The van der Waals surface area contributed by atoms with Crippen LogP contribution in [-0.4, -0.2) is 39.4 Å². The molecular weight excluding hydrogens is 428 g/mol. The molecule has 160 valence electrons. The van der Waals surface area contributed by atoms with Crippen molar-refractivity contribution in [3.05, 3.63) is 24.5 Å². The van der Waals surface area contributed by atoms with Crippen molar-refractivity contribution in [2.45, 2.75) is 28.7 Å². The van der Waals surface area contributed by atoms with E-state index < -0.39 is 0 Å². The molecule has 8 nitrogen and oxygen atoms in total. The largest absolute Gasteiger partial charge is 0.397 e. The Morgan fingerprint density at radius 1 is 1.19 bits per heavy atom. The van der Waals surface area contributed by atoms with Crippen LogP contribution in [0.3, 0.4) is 0 Å². The Morgan fingerprint density at radius 2 is 1.94 bits per heavy atom. The van der Waals surface area contributed by atoms with Gasteiger partial charge in [0.1, 0.15) is 4.83 Å². The van der Waals surface area contributed by atoms with Gasteiger partial charge in [0.25, 0.3) is 0 Å². The topological polar surface area (TPSA) is 114 Å². The summed E-state index contributed by atoms with van der Waals surface area (Å²) in [5.41, 5.74) is 16.9. The Hall–Kier alpha value is -2.85. The molecule has 0 unspecified atom stereocenters. The molecular formula is C21H25N8S2+. The number of thiophene rings is 1. The lowest BCUT2D eigenvalue weighted by Gasteiger charge is -2.23. The standard InChI is InChI=1S/C21H24N8S2/c1-28(2)16-8-15(29(3)27-16)13-7-14(11-9-24-21(23)25-10-11)26-19-17(13)18(22)20(31-19)30-12-5-4-6-12/h7-10,12H,4-6,22H2,1-3H3,(H2,23,24,25,26)/p+1. The van der Waals surface area contributed by atoms with Crippen molar-refractivity contribution in [1.29, 1.82) is 0 Å². The lowest BCUT2D eigenvalue weighted by Crippen LogP contribution is -2.32. The molecule has 0 saturated heterocycles. The van der Waals surface area contributed by atoms with Crippen LogP contribution in [0.1, 0.15) is 19.3 Å². The van der Waals surface area contributed by atoms with Crippen molar-refractivity contribution in [3.63, 3.8) is 0 Å². The van der Waals surface area contributed by atoms with Crippen molar-refractivity contribution in [2.24, 2.45) is 7.05 Å². The fraction of sp³-hybridized carbons (Fsp3) is 0.333. The van der Waals surface area contributed by atoms with E-state index in [4.69, 9.17) is 16.5 Å². The van der Waals surface area contributed by atoms with Gasteiger partial charge in [-0.05, 0) is 18.9 Å². The summed E-state index contributed by atoms with van der Waals surface area (Å²) in [6.07, 6.45) is 7.24. The molecule has 5 N–H and O–H groups in total. The number of rotatable bonds is 5. The highest BCUT2D eigenvalue weighted by Crippen LogP contribution is 2.48. The fourth-order valence-corrected chi connectivity index (χ4v) is 6.42. The second-order valence-corrected chi connectivity index (χ2v) is 10.6. The SMILES string of the molecule is CN(C)c1cc(-c2cc(-c3cnc(N)nc3)nc3sc(SC4CCC4)c(N)c23)[n+](C)[nH]1. The summed E-state index contributed by atoms with van der Waals surface area (Å²) in [5.74, 6) is 1.26. The van der Waals surface area contributed by atoms with Gasteiger partial charge in [-0.15, -0.1) is 32.9 Å². The highest BCUT2D eigenvalue weighted by Gasteiger charge is 2.27. The van der Waals surface area contributed by atoms with Crippen LogP contribution in [0.15, 0.2) is 28.7 Å². The summed E-state index contributed by atoms with van der Waals surface area (Å²) in [7, 11) is 6.04. The number of hydrogen-bond donors (Lipinski definition) is 3. The van der Waals surface area contributed by atoms with Gasteiger partial charge in [-0.1, -0.05) is 6.42 Å². The number of aromatic nitrogens is 5. The van der Waals surface area contributed by atoms with Gasteiger partial charge in [0.15, 0.2) is 12.9 Å². The smallest absolute Gasteiger partial charge is 0.241 e. The molecule has 4 aromatic heterocycles. The number of H-pyrrole nitrogens is 1. The molecule has 1 aliphatic carbocycles. The Bertz CT molecular complexity index is 1250. The van der Waals surface area contributed by atoms with Gasteiger partial charge >= 0.3 is 0 Å². The number of anilines is 3. The molecule has 4 heterocycles. The Morgan fingerprint density at radius 3 is 2.55 bits per heavy atom. The van der Waals surface area contributed by atoms with Crippen molar-refractivity contribution in [2.75, 3.05) is 30.5 Å². The molecule has 4 aromatic rings. The number of hydrogen-bond acceptors (Lipinski definition) is 8. The lowest BCUT2D eigenvalue weighted by atomic mass is 10.0. The van der Waals surface area contributed by atoms with Gasteiger partial charge in [-0.25, -0.2) is 15.0 Å². The molecule has 0 atom stereocenters. The summed E-state index contributed by atoms with van der Waals surface area (Å²) < 4.78 is 3.17. The second kappa shape index (κ2) is 7.69. The number of thioether (sulfide) groups is 1. The summed E-state index contributed by atoms with van der Waals surface area (Å²) in [5, 5.41) is 5.06. The van der Waals surface area contributed by atoms with Crippen LogP contribution in [0.5, 0.6) is 0 Å². The third kappa shape index (κ3) is 3.59. The molecule has 0 aromatic carbocycles. The molecule has 0 bridgehead atoms. The van der Waals surface area contributed by atoms with E-state index in [1.165, 1.54) is 19.3 Å². The third-order valence-corrected chi connectivity index (χ3v) is 8.30. The molecule has 31 heavy (non-hydrogen) atoms. The average molecular weight is 454 g/mol. The summed E-state index contributed by atoms with van der Waals surface area (Å²) >= 11 is 3.57. The van der Waals surface area contributed by atoms with Crippen molar-refractivity contribution >= 4 is 50.8 Å². The highest BCUT2D eigenvalue weighted by atomic mass is 32.2. The van der Waals surface area contributed by atoms with E-state index in [-0.39, 0.29) is 5.95 Å². The zero-order valence-electron chi connectivity index (χ0n) is 17.7. The zero-order valence-corrected chi connectivity index (χ0v) is 19.3. The fourth-order valence-electron chi connectivity index (χ4n) is 3.63. The first kappa shape index (κ1) is 20.1. The monoisotopic (exact) mass is 453 g/mol. The number of nitrogens with zero attached hydrogens (tertiary/aromatic N) is 5. The van der Waals surface area contributed by atoms with Crippen LogP contribution in [0.4, 0.5) is 17.5 Å². The predicted molar refractivity (Wildman–Crippen MR) is 128 cm³/mol. The molecule has 0 radical (unpaired) electrons. The minimum atomic E-state index is 0.247. The van der Waals surface area contributed by atoms with Gasteiger partial charge < -0.3 is 16.4 Å². The van der Waals surface area contributed by atoms with Crippen LogP contribution in [0.25, 0.3) is 32.7 Å². The van der Waals surface area contributed by atoms with Crippen molar-refractivity contribution in [1.82, 2.24) is 20.1 Å². The number of fused-ring (bicyclic) bond motifs is 1. The lowest BCUT2D eigenvalue weighted by molar-refractivity contribution is -0.715. The zero-order chi connectivity index (χ0) is 21.7. The van der Waals surface area contributed by atoms with Gasteiger partial charge in [-0.2, -0.15) is 0 Å². The van der Waals surface area contributed by atoms with Gasteiger partial charge in [0, 0.05) is 42.7 Å². The van der Waals surface area contributed by atoms with Gasteiger partial charge in [-0.3, -0.25) is 0 Å². The van der Waals surface area contributed by atoms with Crippen LogP contribution in [-0.2, 0) is 7.05 Å². The summed E-state index contributed by atoms with van der Waals surface area (Å²) in [6, 6.07) is 4.20. The first-order valence-electron chi connectivity index (χ1n) is 10.1. The predicted octanol–water partition coefficient (Wildman–Crippen LogP) is 3.45. The number of aryl methyl sites for hydroxylation is 1. The maximum atomic E-state index is 6.71. The molecule has 1 fully saturated rings. The Labute approximate surface area is 188 Å². The minimum Gasteiger partial charge on any atom is -0.397 e. The maximum Gasteiger partial charge on any atom is 0.241 e. The molecule has 1 saturated carbocycles. The van der Waals surface area contributed by atoms with Crippen LogP contribution in [0, 0.1) is 0 Å². The van der Waals surface area contributed by atoms with Gasteiger partial charge in [0.2, 0.25) is 11.6 Å². The molecule has 5 rings (SSSR count). The summed E-state index contributed by atoms with van der Waals surface area (Å²) in [4.78, 5) is 16.2. The quantitative estimate of drug-likeness (QED) is 0.397. The summed E-state index contributed by atoms with van der Waals surface area (Å²) in [6.45, 7) is 0. The van der Waals surface area contributed by atoms with E-state index in [0.29, 0.717) is 5.25 Å². The Kier molecular flexibility index (Phi) is 4.98. The molecule has 0 spiro atoms. The first-order valence-corrected chi connectivity index (χ1v) is 11.8. The number of nitrogen functional groups attached to an aromatic ring is 2. The normalized spacial score (nSPS) is 14.2. The number of nitrogens with one attached hydrogen (secondary N) is 1. The van der Waals surface area contributed by atoms with E-state index in [9.17, 15) is 0 Å². The van der Waals surface area contributed by atoms with Crippen LogP contribution >= 0.6 is 23.1 Å². The maximum absolute atomic E-state index is 6.71. The molecule has 0 aliphatic heterocycles. The molecule has 0 amide bonds. The van der Waals surface area contributed by atoms with Crippen molar-refractivity contribution in [3.8, 4) is 22.5 Å².